The first-order chi connectivity index (χ1) is 7.58. The molecule has 6 heteroatoms. The monoisotopic (exact) mass is 242 g/mol. The molecule has 5 nitrogen and oxygen atoms in total. The van der Waals surface area contributed by atoms with E-state index in [-0.39, 0.29) is 12.1 Å². The molecule has 0 spiro atoms. The molecule has 0 saturated carbocycles. The SMILES string of the molecule is CCN(CC)C(=O)Nc1nc(C(C)N)cs1. The molecule has 0 radical (unpaired) electrons. The van der Waals surface area contributed by atoms with Gasteiger partial charge in [-0.25, -0.2) is 9.78 Å². The molecule has 16 heavy (non-hydrogen) atoms. The smallest absolute Gasteiger partial charge is 0.323 e. The molecular formula is C10H18N4OS. The fraction of sp³-hybridized carbons (Fsp3) is 0.600. The Morgan fingerprint density at radius 3 is 2.69 bits per heavy atom. The summed E-state index contributed by atoms with van der Waals surface area (Å²) in [6, 6.07) is -0.217. The molecule has 0 saturated heterocycles. The Morgan fingerprint density at radius 1 is 1.62 bits per heavy atom. The van der Waals surface area contributed by atoms with Crippen molar-refractivity contribution >= 4 is 22.5 Å². The number of carbonyl (C=O) groups is 1. The highest BCUT2D eigenvalue weighted by Gasteiger charge is 2.12. The maximum absolute atomic E-state index is 11.7. The van der Waals surface area contributed by atoms with Crippen LogP contribution < -0.4 is 11.1 Å². The number of rotatable bonds is 4. The van der Waals surface area contributed by atoms with E-state index in [0.29, 0.717) is 18.2 Å². The van der Waals surface area contributed by atoms with Crippen LogP contribution in [0.25, 0.3) is 0 Å². The number of anilines is 1. The number of urea groups is 1. The Balaban J connectivity index is 2.62. The molecule has 0 aliphatic carbocycles. The summed E-state index contributed by atoms with van der Waals surface area (Å²) in [4.78, 5) is 17.6. The van der Waals surface area contributed by atoms with E-state index in [2.05, 4.69) is 10.3 Å². The predicted octanol–water partition coefficient (Wildman–Crippen LogP) is 2.04. The number of nitrogens with zero attached hydrogens (tertiary/aromatic N) is 2. The number of nitrogens with two attached hydrogens (primary N) is 1. The Hall–Kier alpha value is -1.14. The normalized spacial score (nSPS) is 12.2. The van der Waals surface area contributed by atoms with E-state index in [9.17, 15) is 4.79 Å². The fourth-order valence-corrected chi connectivity index (χ4v) is 2.04. The molecule has 0 aliphatic heterocycles. The molecule has 1 rings (SSSR count). The number of carbonyl (C=O) groups excluding carboxylic acids is 1. The summed E-state index contributed by atoms with van der Waals surface area (Å²) in [7, 11) is 0. The van der Waals surface area contributed by atoms with Gasteiger partial charge in [-0.15, -0.1) is 11.3 Å². The van der Waals surface area contributed by atoms with E-state index < -0.39 is 0 Å². The first-order valence-electron chi connectivity index (χ1n) is 5.35. The Morgan fingerprint density at radius 2 is 2.25 bits per heavy atom. The maximum Gasteiger partial charge on any atom is 0.323 e. The number of thiazole rings is 1. The minimum absolute atomic E-state index is 0.102. The minimum Gasteiger partial charge on any atom is -0.325 e. The largest absolute Gasteiger partial charge is 0.325 e. The van der Waals surface area contributed by atoms with E-state index in [1.54, 1.807) is 4.90 Å². The lowest BCUT2D eigenvalue weighted by Crippen LogP contribution is -2.34. The maximum atomic E-state index is 11.7. The van der Waals surface area contributed by atoms with Crippen LogP contribution in [0.1, 0.15) is 32.5 Å². The number of hydrogen-bond donors (Lipinski definition) is 2. The van der Waals surface area contributed by atoms with Crippen LogP contribution in [0.5, 0.6) is 0 Å². The van der Waals surface area contributed by atoms with Crippen LogP contribution in [0, 0.1) is 0 Å². The van der Waals surface area contributed by atoms with Crippen LogP contribution in [-0.4, -0.2) is 29.0 Å². The lowest BCUT2D eigenvalue weighted by Gasteiger charge is -2.17. The summed E-state index contributed by atoms with van der Waals surface area (Å²) in [6.45, 7) is 7.13. The Bertz CT molecular complexity index is 346. The zero-order valence-electron chi connectivity index (χ0n) is 9.86. The van der Waals surface area contributed by atoms with Crippen LogP contribution in [0.4, 0.5) is 9.93 Å². The molecule has 1 heterocycles. The van der Waals surface area contributed by atoms with Crippen molar-refractivity contribution in [3.05, 3.63) is 11.1 Å². The number of hydrogen-bond acceptors (Lipinski definition) is 4. The first kappa shape index (κ1) is 12.9. The lowest BCUT2D eigenvalue weighted by atomic mass is 10.3. The molecule has 0 bridgehead atoms. The molecule has 3 N–H and O–H groups in total. The molecular weight excluding hydrogens is 224 g/mol. The van der Waals surface area contributed by atoms with Crippen molar-refractivity contribution in [3.8, 4) is 0 Å². The lowest BCUT2D eigenvalue weighted by molar-refractivity contribution is 0.217. The highest BCUT2D eigenvalue weighted by atomic mass is 32.1. The van der Waals surface area contributed by atoms with Gasteiger partial charge < -0.3 is 10.6 Å². The van der Waals surface area contributed by atoms with Crippen molar-refractivity contribution in [2.75, 3.05) is 18.4 Å². The van der Waals surface area contributed by atoms with E-state index in [1.807, 2.05) is 26.2 Å². The van der Waals surface area contributed by atoms with Gasteiger partial charge in [-0.2, -0.15) is 0 Å². The average molecular weight is 242 g/mol. The third-order valence-electron chi connectivity index (χ3n) is 2.25. The predicted molar refractivity (Wildman–Crippen MR) is 66.7 cm³/mol. The van der Waals surface area contributed by atoms with Gasteiger partial charge in [0, 0.05) is 24.5 Å². The second-order valence-corrected chi connectivity index (χ2v) is 4.33. The molecule has 1 atom stereocenters. The highest BCUT2D eigenvalue weighted by Crippen LogP contribution is 2.19. The van der Waals surface area contributed by atoms with E-state index in [0.717, 1.165) is 5.69 Å². The highest BCUT2D eigenvalue weighted by molar-refractivity contribution is 7.13. The quantitative estimate of drug-likeness (QED) is 0.848. The van der Waals surface area contributed by atoms with Crippen LogP contribution >= 0.6 is 11.3 Å². The van der Waals surface area contributed by atoms with Gasteiger partial charge in [-0.1, -0.05) is 0 Å². The zero-order valence-corrected chi connectivity index (χ0v) is 10.7. The zero-order chi connectivity index (χ0) is 12.1. The van der Waals surface area contributed by atoms with Gasteiger partial charge in [-0.3, -0.25) is 5.32 Å². The van der Waals surface area contributed by atoms with E-state index in [4.69, 9.17) is 5.73 Å². The van der Waals surface area contributed by atoms with Gasteiger partial charge in [0.1, 0.15) is 0 Å². The molecule has 0 fully saturated rings. The molecule has 1 aromatic heterocycles. The topological polar surface area (TPSA) is 71.2 Å². The summed E-state index contributed by atoms with van der Waals surface area (Å²) in [5, 5.41) is 5.22. The molecule has 2 amide bonds. The molecule has 1 aromatic rings. The van der Waals surface area contributed by atoms with Crippen LogP contribution in [0.2, 0.25) is 0 Å². The van der Waals surface area contributed by atoms with Crippen LogP contribution in [-0.2, 0) is 0 Å². The summed E-state index contributed by atoms with van der Waals surface area (Å²) < 4.78 is 0. The van der Waals surface area contributed by atoms with Gasteiger partial charge in [0.2, 0.25) is 0 Å². The first-order valence-corrected chi connectivity index (χ1v) is 6.23. The number of nitrogens with one attached hydrogen (secondary N) is 1. The summed E-state index contributed by atoms with van der Waals surface area (Å²) in [5.41, 5.74) is 6.50. The number of aromatic nitrogens is 1. The third kappa shape index (κ3) is 3.18. The van der Waals surface area contributed by atoms with Crippen molar-refractivity contribution in [1.29, 1.82) is 0 Å². The van der Waals surface area contributed by atoms with Crippen LogP contribution in [0.15, 0.2) is 5.38 Å². The second-order valence-electron chi connectivity index (χ2n) is 3.47. The third-order valence-corrected chi connectivity index (χ3v) is 3.03. The van der Waals surface area contributed by atoms with Crippen LogP contribution in [0.3, 0.4) is 0 Å². The van der Waals surface area contributed by atoms with Gasteiger partial charge >= 0.3 is 6.03 Å². The Labute approximate surface area is 99.7 Å². The number of amides is 2. The molecule has 1 unspecified atom stereocenters. The van der Waals surface area contributed by atoms with Gasteiger partial charge in [0.25, 0.3) is 0 Å². The molecule has 0 aliphatic rings. The van der Waals surface area contributed by atoms with Crippen molar-refractivity contribution in [1.82, 2.24) is 9.88 Å². The van der Waals surface area contributed by atoms with E-state index >= 15 is 0 Å². The van der Waals surface area contributed by atoms with Crippen molar-refractivity contribution in [2.45, 2.75) is 26.8 Å². The van der Waals surface area contributed by atoms with Crippen molar-refractivity contribution in [2.24, 2.45) is 5.73 Å². The Kier molecular flexibility index (Phi) is 4.70. The standard InChI is InChI=1S/C10H18N4OS/c1-4-14(5-2)10(15)13-9-12-8(6-16-9)7(3)11/h6-7H,4-5,11H2,1-3H3,(H,12,13,15). The van der Waals surface area contributed by atoms with Gasteiger partial charge in [-0.05, 0) is 20.8 Å². The van der Waals surface area contributed by atoms with E-state index in [1.165, 1.54) is 11.3 Å². The van der Waals surface area contributed by atoms with Crippen molar-refractivity contribution in [3.63, 3.8) is 0 Å². The summed E-state index contributed by atoms with van der Waals surface area (Å²) in [5.74, 6) is 0. The fourth-order valence-electron chi connectivity index (χ4n) is 1.23. The van der Waals surface area contributed by atoms with Crippen molar-refractivity contribution < 1.29 is 4.79 Å². The average Bonchev–Trinajstić information content (AvgIpc) is 2.68. The summed E-state index contributed by atoms with van der Waals surface area (Å²) in [6.07, 6.45) is 0. The molecule has 0 aromatic carbocycles. The second kappa shape index (κ2) is 5.81. The minimum atomic E-state index is -0.115. The molecule has 90 valence electrons. The van der Waals surface area contributed by atoms with Gasteiger partial charge in [0.05, 0.1) is 5.69 Å². The van der Waals surface area contributed by atoms with Gasteiger partial charge in [0.15, 0.2) is 5.13 Å². The summed E-state index contributed by atoms with van der Waals surface area (Å²) >= 11 is 1.39.